The molecule has 4 nitrogen and oxygen atoms in total. The van der Waals surface area contributed by atoms with Crippen molar-refractivity contribution in [2.24, 2.45) is 0 Å². The molecule has 16 heavy (non-hydrogen) atoms. The van der Waals surface area contributed by atoms with Crippen molar-refractivity contribution in [3.8, 4) is 0 Å². The van der Waals surface area contributed by atoms with E-state index in [4.69, 9.17) is 5.11 Å². The average molecular weight is 220 g/mol. The predicted molar refractivity (Wildman–Crippen MR) is 60.9 cm³/mol. The first kappa shape index (κ1) is 11.1. The minimum absolute atomic E-state index is 0.486. The van der Waals surface area contributed by atoms with E-state index in [-0.39, 0.29) is 0 Å². The summed E-state index contributed by atoms with van der Waals surface area (Å²) in [4.78, 5) is 15.0. The SMILES string of the molecule is CN1CCN(Cc2ccccc2)C1C(=O)O. The molecule has 2 rings (SSSR count). The van der Waals surface area contributed by atoms with Crippen LogP contribution in [-0.4, -0.2) is 47.2 Å². The fraction of sp³-hybridized carbons (Fsp3) is 0.417. The minimum atomic E-state index is -0.768. The van der Waals surface area contributed by atoms with Crippen LogP contribution in [0.3, 0.4) is 0 Å². The highest BCUT2D eigenvalue weighted by Gasteiger charge is 2.34. The van der Waals surface area contributed by atoms with Crippen molar-refractivity contribution < 1.29 is 9.90 Å². The Balaban J connectivity index is 2.07. The molecular weight excluding hydrogens is 204 g/mol. The van der Waals surface area contributed by atoms with Crippen LogP contribution in [0.4, 0.5) is 0 Å². The highest BCUT2D eigenvalue weighted by Crippen LogP contribution is 2.16. The zero-order chi connectivity index (χ0) is 11.5. The van der Waals surface area contributed by atoms with Crippen LogP contribution in [0, 0.1) is 0 Å². The van der Waals surface area contributed by atoms with E-state index >= 15 is 0 Å². The van der Waals surface area contributed by atoms with Crippen LogP contribution in [0.2, 0.25) is 0 Å². The van der Waals surface area contributed by atoms with E-state index in [0.717, 1.165) is 18.7 Å². The molecule has 0 radical (unpaired) electrons. The molecule has 1 aliphatic rings. The molecule has 0 spiro atoms. The molecule has 0 aliphatic carbocycles. The largest absolute Gasteiger partial charge is 0.479 e. The number of likely N-dealkylation sites (N-methyl/N-ethyl adjacent to an activating group) is 1. The normalized spacial score (nSPS) is 22.4. The fourth-order valence-corrected chi connectivity index (χ4v) is 2.14. The summed E-state index contributed by atoms with van der Waals surface area (Å²) in [6.07, 6.45) is -0.486. The first-order valence-corrected chi connectivity index (χ1v) is 5.39. The second-order valence-corrected chi connectivity index (χ2v) is 4.15. The summed E-state index contributed by atoms with van der Waals surface area (Å²) in [5.74, 6) is -0.768. The Morgan fingerprint density at radius 3 is 2.69 bits per heavy atom. The third-order valence-corrected chi connectivity index (χ3v) is 2.95. The molecule has 1 heterocycles. The van der Waals surface area contributed by atoms with E-state index in [1.807, 2.05) is 47.2 Å². The maximum absolute atomic E-state index is 11.1. The number of hydrogen-bond acceptors (Lipinski definition) is 3. The molecule has 4 heteroatoms. The van der Waals surface area contributed by atoms with Crippen LogP contribution in [0.25, 0.3) is 0 Å². The highest BCUT2D eigenvalue weighted by molar-refractivity contribution is 5.73. The van der Waals surface area contributed by atoms with Gasteiger partial charge >= 0.3 is 5.97 Å². The summed E-state index contributed by atoms with van der Waals surface area (Å²) in [5.41, 5.74) is 1.16. The van der Waals surface area contributed by atoms with Gasteiger partial charge in [0.15, 0.2) is 6.17 Å². The number of rotatable bonds is 3. The third-order valence-electron chi connectivity index (χ3n) is 2.95. The summed E-state index contributed by atoms with van der Waals surface area (Å²) in [7, 11) is 1.85. The number of nitrogens with zero attached hydrogens (tertiary/aromatic N) is 2. The lowest BCUT2D eigenvalue weighted by atomic mass is 10.2. The van der Waals surface area contributed by atoms with Crippen molar-refractivity contribution in [1.29, 1.82) is 0 Å². The lowest BCUT2D eigenvalue weighted by Gasteiger charge is -2.23. The number of hydrogen-bond donors (Lipinski definition) is 1. The van der Waals surface area contributed by atoms with Crippen molar-refractivity contribution in [2.75, 3.05) is 20.1 Å². The molecule has 1 aromatic rings. The predicted octanol–water partition coefficient (Wildman–Crippen LogP) is 0.845. The standard InChI is InChI=1S/C12H16N2O2/c1-13-7-8-14(11(13)12(15)16)9-10-5-3-2-4-6-10/h2-6,11H,7-9H2,1H3,(H,15,16). The van der Waals surface area contributed by atoms with E-state index in [2.05, 4.69) is 0 Å². The van der Waals surface area contributed by atoms with Gasteiger partial charge in [0.05, 0.1) is 0 Å². The number of carbonyl (C=O) groups is 1. The first-order chi connectivity index (χ1) is 7.68. The zero-order valence-electron chi connectivity index (χ0n) is 9.34. The smallest absolute Gasteiger partial charge is 0.336 e. The van der Waals surface area contributed by atoms with Gasteiger partial charge in [0.2, 0.25) is 0 Å². The summed E-state index contributed by atoms with van der Waals surface area (Å²) >= 11 is 0. The van der Waals surface area contributed by atoms with Gasteiger partial charge in [-0.25, -0.2) is 4.79 Å². The number of carboxylic acids is 1. The molecular formula is C12H16N2O2. The van der Waals surface area contributed by atoms with Gasteiger partial charge in [0.25, 0.3) is 0 Å². The monoisotopic (exact) mass is 220 g/mol. The quantitative estimate of drug-likeness (QED) is 0.820. The van der Waals surface area contributed by atoms with Gasteiger partial charge in [-0.3, -0.25) is 9.80 Å². The molecule has 0 amide bonds. The minimum Gasteiger partial charge on any atom is -0.479 e. The summed E-state index contributed by atoms with van der Waals surface area (Å²) in [6.45, 7) is 2.31. The van der Waals surface area contributed by atoms with Gasteiger partial charge in [0, 0.05) is 19.6 Å². The molecule has 1 unspecified atom stereocenters. The molecule has 1 atom stereocenters. The summed E-state index contributed by atoms with van der Waals surface area (Å²) < 4.78 is 0. The average Bonchev–Trinajstić information content (AvgIpc) is 2.61. The van der Waals surface area contributed by atoms with E-state index < -0.39 is 12.1 Å². The number of carboxylic acid groups (broad SMARTS) is 1. The fourth-order valence-electron chi connectivity index (χ4n) is 2.14. The lowest BCUT2D eigenvalue weighted by molar-refractivity contribution is -0.146. The van der Waals surface area contributed by atoms with E-state index in [0.29, 0.717) is 6.54 Å². The van der Waals surface area contributed by atoms with Gasteiger partial charge in [-0.2, -0.15) is 0 Å². The van der Waals surface area contributed by atoms with Crippen LogP contribution in [-0.2, 0) is 11.3 Å². The van der Waals surface area contributed by atoms with E-state index in [1.165, 1.54) is 0 Å². The topological polar surface area (TPSA) is 43.8 Å². The Morgan fingerprint density at radius 2 is 2.06 bits per heavy atom. The van der Waals surface area contributed by atoms with Crippen molar-refractivity contribution in [1.82, 2.24) is 9.80 Å². The van der Waals surface area contributed by atoms with Crippen LogP contribution in [0.15, 0.2) is 30.3 Å². The molecule has 1 aliphatic heterocycles. The van der Waals surface area contributed by atoms with Gasteiger partial charge < -0.3 is 5.11 Å². The zero-order valence-corrected chi connectivity index (χ0v) is 9.34. The molecule has 1 fully saturated rings. The second kappa shape index (κ2) is 4.63. The maximum atomic E-state index is 11.1. The Labute approximate surface area is 95.1 Å². The number of benzene rings is 1. The van der Waals surface area contributed by atoms with Gasteiger partial charge in [-0.1, -0.05) is 30.3 Å². The Hall–Kier alpha value is -1.39. The Morgan fingerprint density at radius 1 is 1.38 bits per heavy atom. The molecule has 0 aromatic heterocycles. The van der Waals surface area contributed by atoms with Crippen molar-refractivity contribution in [3.05, 3.63) is 35.9 Å². The number of aliphatic carboxylic acids is 1. The van der Waals surface area contributed by atoms with E-state index in [1.54, 1.807) is 0 Å². The molecule has 0 bridgehead atoms. The summed E-state index contributed by atoms with van der Waals surface area (Å²) in [5, 5.41) is 9.15. The molecule has 1 N–H and O–H groups in total. The third kappa shape index (κ3) is 2.23. The second-order valence-electron chi connectivity index (χ2n) is 4.15. The summed E-state index contributed by atoms with van der Waals surface area (Å²) in [6, 6.07) is 9.97. The lowest BCUT2D eigenvalue weighted by Crippen LogP contribution is -2.42. The van der Waals surface area contributed by atoms with Crippen LogP contribution >= 0.6 is 0 Å². The van der Waals surface area contributed by atoms with Crippen molar-refractivity contribution in [2.45, 2.75) is 12.7 Å². The Bertz CT molecular complexity index is 367. The van der Waals surface area contributed by atoms with Crippen LogP contribution in [0.1, 0.15) is 5.56 Å². The molecule has 1 aromatic carbocycles. The molecule has 0 saturated carbocycles. The van der Waals surface area contributed by atoms with Crippen molar-refractivity contribution >= 4 is 5.97 Å². The molecule has 1 saturated heterocycles. The highest BCUT2D eigenvalue weighted by atomic mass is 16.4. The van der Waals surface area contributed by atoms with E-state index in [9.17, 15) is 4.79 Å². The first-order valence-electron chi connectivity index (χ1n) is 5.39. The maximum Gasteiger partial charge on any atom is 0.336 e. The van der Waals surface area contributed by atoms with Gasteiger partial charge in [-0.15, -0.1) is 0 Å². The molecule has 86 valence electrons. The van der Waals surface area contributed by atoms with Crippen LogP contribution < -0.4 is 0 Å². The van der Waals surface area contributed by atoms with Crippen molar-refractivity contribution in [3.63, 3.8) is 0 Å². The van der Waals surface area contributed by atoms with Crippen LogP contribution in [0.5, 0.6) is 0 Å². The van der Waals surface area contributed by atoms with Gasteiger partial charge in [0.1, 0.15) is 0 Å². The van der Waals surface area contributed by atoms with Gasteiger partial charge in [-0.05, 0) is 12.6 Å². The Kier molecular flexibility index (Phi) is 3.22.